The fourth-order valence-corrected chi connectivity index (χ4v) is 3.38. The van der Waals surface area contributed by atoms with Gasteiger partial charge >= 0.3 is 6.03 Å². The van der Waals surface area contributed by atoms with E-state index in [9.17, 15) is 4.79 Å². The van der Waals surface area contributed by atoms with Crippen LogP contribution in [0.5, 0.6) is 0 Å². The van der Waals surface area contributed by atoms with E-state index >= 15 is 0 Å². The summed E-state index contributed by atoms with van der Waals surface area (Å²) in [5, 5.41) is 7.10. The Morgan fingerprint density at radius 1 is 1.61 bits per heavy atom. The van der Waals surface area contributed by atoms with Crippen LogP contribution in [0, 0.1) is 5.92 Å². The average molecular weight is 313 g/mol. The van der Waals surface area contributed by atoms with E-state index in [1.165, 1.54) is 24.1 Å². The van der Waals surface area contributed by atoms with Crippen molar-refractivity contribution in [2.24, 2.45) is 5.92 Å². The molecule has 3 saturated heterocycles. The summed E-state index contributed by atoms with van der Waals surface area (Å²) >= 11 is 3.29. The molecule has 0 spiro atoms. The molecule has 3 aliphatic heterocycles. The first-order valence-corrected chi connectivity index (χ1v) is 7.18. The molecule has 0 radical (unpaired) electrons. The maximum Gasteiger partial charge on any atom is 0.342 e. The number of nitrogens with zero attached hydrogens (tertiary/aromatic N) is 3. The Morgan fingerprint density at radius 3 is 3.00 bits per heavy atom. The second kappa shape index (κ2) is 4.66. The first-order valence-electron chi connectivity index (χ1n) is 6.38. The quantitative estimate of drug-likeness (QED) is 0.858. The minimum Gasteiger partial charge on any atom is -0.332 e. The average Bonchev–Trinajstić information content (AvgIpc) is 2.77. The number of nitrogens with one attached hydrogen (secondary N) is 1. The van der Waals surface area contributed by atoms with Crippen molar-refractivity contribution in [2.75, 3.05) is 13.1 Å². The topological polar surface area (TPSA) is 50.2 Å². The molecule has 98 valence electrons. The summed E-state index contributed by atoms with van der Waals surface area (Å²) in [4.78, 5) is 14.5. The van der Waals surface area contributed by atoms with Crippen LogP contribution in [-0.2, 0) is 0 Å². The lowest BCUT2D eigenvalue weighted by Gasteiger charge is -2.48. The number of hydrogen-bond donors (Lipinski definition) is 1. The number of hydrogen-bond acceptors (Lipinski definition) is 3. The van der Waals surface area contributed by atoms with Crippen LogP contribution in [0.25, 0.3) is 0 Å². The third-order valence-electron chi connectivity index (χ3n) is 4.12. The van der Waals surface area contributed by atoms with Crippen molar-refractivity contribution >= 4 is 22.0 Å². The molecule has 1 N–H and O–H groups in total. The lowest BCUT2D eigenvalue weighted by atomic mass is 9.80. The standard InChI is InChI=1S/C12H17BrN4O/c1-8-4-9-2-3-16(8)7-11(9)15-12(18)17-6-10(13)5-14-17/h5-6,8-9,11H,2-4,7H2,1H3,(H,15,18)/t8?,9?,11-/m0/s1. The fraction of sp³-hybridized carbons (Fsp3) is 0.667. The third kappa shape index (κ3) is 2.19. The van der Waals surface area contributed by atoms with E-state index in [4.69, 9.17) is 0 Å². The smallest absolute Gasteiger partial charge is 0.332 e. The van der Waals surface area contributed by atoms with Crippen LogP contribution in [0.4, 0.5) is 4.79 Å². The number of carbonyl (C=O) groups excluding carboxylic acids is 1. The zero-order valence-electron chi connectivity index (χ0n) is 10.3. The monoisotopic (exact) mass is 312 g/mol. The number of fused-ring (bicyclic) bond motifs is 3. The Labute approximate surface area is 115 Å². The van der Waals surface area contributed by atoms with E-state index in [1.54, 1.807) is 12.4 Å². The molecular weight excluding hydrogens is 296 g/mol. The van der Waals surface area contributed by atoms with Crippen molar-refractivity contribution in [3.05, 3.63) is 16.9 Å². The molecule has 0 aliphatic carbocycles. The minimum atomic E-state index is -0.132. The molecule has 1 aromatic heterocycles. The van der Waals surface area contributed by atoms with Crippen LogP contribution >= 0.6 is 15.9 Å². The van der Waals surface area contributed by atoms with E-state index in [1.807, 2.05) is 0 Å². The molecule has 6 heteroatoms. The van der Waals surface area contributed by atoms with Crippen molar-refractivity contribution in [1.29, 1.82) is 0 Å². The Balaban J connectivity index is 1.65. The molecule has 1 aromatic rings. The zero-order valence-corrected chi connectivity index (χ0v) is 11.9. The predicted octanol–water partition coefficient (Wildman–Crippen LogP) is 1.69. The molecule has 1 amide bonds. The van der Waals surface area contributed by atoms with Crippen molar-refractivity contribution in [3.8, 4) is 0 Å². The number of aromatic nitrogens is 2. The SMILES string of the molecule is CC1CC2CCN1C[C@@H]2NC(=O)n1cc(Br)cn1. The van der Waals surface area contributed by atoms with Gasteiger partial charge in [-0.2, -0.15) is 9.78 Å². The van der Waals surface area contributed by atoms with Crippen LogP contribution in [0.15, 0.2) is 16.9 Å². The van der Waals surface area contributed by atoms with Gasteiger partial charge in [0.1, 0.15) is 0 Å². The summed E-state index contributed by atoms with van der Waals surface area (Å²) < 4.78 is 2.17. The Morgan fingerprint density at radius 2 is 2.44 bits per heavy atom. The Bertz CT molecular complexity index is 461. The first kappa shape index (κ1) is 12.2. The van der Waals surface area contributed by atoms with Gasteiger partial charge in [-0.1, -0.05) is 0 Å². The van der Waals surface area contributed by atoms with E-state index in [-0.39, 0.29) is 12.1 Å². The van der Waals surface area contributed by atoms with E-state index in [0.717, 1.165) is 11.0 Å². The van der Waals surface area contributed by atoms with Gasteiger partial charge in [0.05, 0.1) is 10.7 Å². The maximum atomic E-state index is 12.0. The highest BCUT2D eigenvalue weighted by Gasteiger charge is 2.38. The van der Waals surface area contributed by atoms with Crippen molar-refractivity contribution in [1.82, 2.24) is 20.0 Å². The molecular formula is C12H17BrN4O. The minimum absolute atomic E-state index is 0.132. The summed E-state index contributed by atoms with van der Waals surface area (Å²) in [5.41, 5.74) is 0. The van der Waals surface area contributed by atoms with Gasteiger partial charge in [-0.15, -0.1) is 0 Å². The first-order chi connectivity index (χ1) is 8.63. The van der Waals surface area contributed by atoms with Crippen LogP contribution in [-0.4, -0.2) is 45.9 Å². The van der Waals surface area contributed by atoms with Gasteiger partial charge in [0.15, 0.2) is 0 Å². The highest BCUT2D eigenvalue weighted by molar-refractivity contribution is 9.10. The molecule has 3 aliphatic rings. The summed E-state index contributed by atoms with van der Waals surface area (Å²) in [6.45, 7) is 4.42. The molecule has 4 atom stereocenters. The van der Waals surface area contributed by atoms with Gasteiger partial charge in [0, 0.05) is 24.8 Å². The molecule has 3 unspecified atom stereocenters. The van der Waals surface area contributed by atoms with E-state index in [0.29, 0.717) is 12.0 Å². The Hall–Kier alpha value is -0.880. The van der Waals surface area contributed by atoms with Gasteiger partial charge < -0.3 is 5.32 Å². The summed E-state index contributed by atoms with van der Waals surface area (Å²) in [7, 11) is 0. The van der Waals surface area contributed by atoms with Crippen LogP contribution in [0.3, 0.4) is 0 Å². The Kier molecular flexibility index (Phi) is 3.15. The van der Waals surface area contributed by atoms with Gasteiger partial charge in [0.25, 0.3) is 0 Å². The molecule has 4 rings (SSSR count). The number of rotatable bonds is 1. The lowest BCUT2D eigenvalue weighted by molar-refractivity contribution is 0.0321. The number of halogens is 1. The highest BCUT2D eigenvalue weighted by Crippen LogP contribution is 2.31. The summed E-state index contributed by atoms with van der Waals surface area (Å²) in [6, 6.07) is 0.799. The van der Waals surface area contributed by atoms with Crippen molar-refractivity contribution in [2.45, 2.75) is 31.8 Å². The third-order valence-corrected chi connectivity index (χ3v) is 4.53. The second-order valence-corrected chi connectivity index (χ2v) is 6.20. The van der Waals surface area contributed by atoms with Crippen LogP contribution in [0.2, 0.25) is 0 Å². The van der Waals surface area contributed by atoms with E-state index < -0.39 is 0 Å². The summed E-state index contributed by atoms with van der Waals surface area (Å²) in [5.74, 6) is 0.618. The molecule has 2 bridgehead atoms. The van der Waals surface area contributed by atoms with Crippen LogP contribution < -0.4 is 5.32 Å². The van der Waals surface area contributed by atoms with Gasteiger partial charge in [-0.3, -0.25) is 4.90 Å². The number of amides is 1. The van der Waals surface area contributed by atoms with Crippen molar-refractivity contribution < 1.29 is 4.79 Å². The van der Waals surface area contributed by atoms with Gasteiger partial charge in [-0.05, 0) is 48.2 Å². The van der Waals surface area contributed by atoms with Crippen molar-refractivity contribution in [3.63, 3.8) is 0 Å². The highest BCUT2D eigenvalue weighted by atomic mass is 79.9. The molecule has 0 aromatic carbocycles. The number of carbonyl (C=O) groups is 1. The molecule has 4 heterocycles. The van der Waals surface area contributed by atoms with E-state index in [2.05, 4.69) is 38.2 Å². The molecule has 3 fully saturated rings. The molecule has 0 saturated carbocycles. The van der Waals surface area contributed by atoms with Crippen LogP contribution in [0.1, 0.15) is 19.8 Å². The normalized spacial score (nSPS) is 34.6. The van der Waals surface area contributed by atoms with Gasteiger partial charge in [-0.25, -0.2) is 4.79 Å². The largest absolute Gasteiger partial charge is 0.342 e. The maximum absolute atomic E-state index is 12.0. The summed E-state index contributed by atoms with van der Waals surface area (Å²) in [6.07, 6.45) is 5.68. The lowest BCUT2D eigenvalue weighted by Crippen LogP contribution is -2.60. The molecule has 18 heavy (non-hydrogen) atoms. The zero-order chi connectivity index (χ0) is 12.7. The fourth-order valence-electron chi connectivity index (χ4n) is 3.10. The molecule has 5 nitrogen and oxygen atoms in total. The van der Waals surface area contributed by atoms with Gasteiger partial charge in [0.2, 0.25) is 0 Å². The predicted molar refractivity (Wildman–Crippen MR) is 71.4 cm³/mol. The number of piperidine rings is 3. The second-order valence-electron chi connectivity index (χ2n) is 5.29.